The number of hydrogen-bond acceptors (Lipinski definition) is 10. The topological polar surface area (TPSA) is 286 Å². The molecule has 306 valence electrons. The molecule has 55 heavy (non-hydrogen) atoms. The van der Waals surface area contributed by atoms with Gasteiger partial charge in [0, 0.05) is 75.5 Å². The van der Waals surface area contributed by atoms with Gasteiger partial charge in [0.05, 0.1) is 12.6 Å². The van der Waals surface area contributed by atoms with Gasteiger partial charge in [-0.15, -0.1) is 0 Å². The van der Waals surface area contributed by atoms with Crippen LogP contribution in [0.25, 0.3) is 10.9 Å². The normalized spacial score (nSPS) is 13.2. The number of rotatable bonds is 28. The van der Waals surface area contributed by atoms with E-state index in [2.05, 4.69) is 49.1 Å². The van der Waals surface area contributed by atoms with E-state index in [1.54, 1.807) is 6.20 Å². The van der Waals surface area contributed by atoms with Gasteiger partial charge in [-0.2, -0.15) is 0 Å². The van der Waals surface area contributed by atoms with E-state index in [-0.39, 0.29) is 70.2 Å². The molecule has 0 aliphatic heterocycles. The van der Waals surface area contributed by atoms with E-state index >= 15 is 0 Å². The second kappa shape index (κ2) is 25.1. The van der Waals surface area contributed by atoms with Gasteiger partial charge >= 0.3 is 11.9 Å². The van der Waals surface area contributed by atoms with E-state index < -0.39 is 53.7 Å². The van der Waals surface area contributed by atoms with E-state index in [0.717, 1.165) is 41.3 Å². The Morgan fingerprint density at radius 3 is 2.24 bits per heavy atom. The van der Waals surface area contributed by atoms with Crippen LogP contribution in [0.3, 0.4) is 0 Å². The highest BCUT2D eigenvalue weighted by Gasteiger charge is 2.27. The Hall–Kier alpha value is -5.07. The third-order valence-electron chi connectivity index (χ3n) is 8.74. The zero-order valence-electron chi connectivity index (χ0n) is 32.1. The molecule has 0 saturated carbocycles. The summed E-state index contributed by atoms with van der Waals surface area (Å²) >= 11 is 0. The molecule has 0 aliphatic rings. The van der Waals surface area contributed by atoms with Gasteiger partial charge in [0.2, 0.25) is 29.5 Å². The standard InChI is InChI=1S/C37H59N9O9/c1-4-5-7-26(38)21-39-14-12-28(40-16-17-41-33(49)22-43-24(3)47)36(53)46-31(19-25-20-44-30-18-23(2)10-11-27(25)30)35(52)42-15-13-29(37(54)55)45-32(48)8-6-9-34(50)51/h10-11,18,20,26,28-29,31,39-40,44H,4-9,12-17,19,21-22,38H2,1-3H3,(H,41,49)(H,42,52)(H,43,47)(H,45,48)(H,46,53)(H,50,51)(H,54,55)/t26-,28-,29+,31+/m0/s1. The number of aryl methyl sites for hydroxylation is 1. The van der Waals surface area contributed by atoms with E-state index in [1.807, 2.05) is 25.1 Å². The van der Waals surface area contributed by atoms with Gasteiger partial charge in [-0.1, -0.05) is 31.9 Å². The van der Waals surface area contributed by atoms with Crippen LogP contribution < -0.4 is 43.0 Å². The molecule has 4 atom stereocenters. The number of hydrogen-bond donors (Lipinski definition) is 11. The highest BCUT2D eigenvalue weighted by atomic mass is 16.4. The predicted molar refractivity (Wildman–Crippen MR) is 206 cm³/mol. The lowest BCUT2D eigenvalue weighted by Gasteiger charge is -2.24. The lowest BCUT2D eigenvalue weighted by molar-refractivity contribution is -0.142. The number of carbonyl (C=O) groups excluding carboxylic acids is 5. The van der Waals surface area contributed by atoms with Crippen molar-refractivity contribution in [3.8, 4) is 0 Å². The highest BCUT2D eigenvalue weighted by molar-refractivity contribution is 5.91. The summed E-state index contributed by atoms with van der Waals surface area (Å²) < 4.78 is 0. The first-order valence-corrected chi connectivity index (χ1v) is 18.8. The molecule has 2 rings (SSSR count). The Bertz CT molecular complexity index is 1580. The zero-order chi connectivity index (χ0) is 40.8. The lowest BCUT2D eigenvalue weighted by atomic mass is 10.0. The van der Waals surface area contributed by atoms with Crippen molar-refractivity contribution in [3.63, 3.8) is 0 Å². The molecule has 1 heterocycles. The molecule has 0 aliphatic carbocycles. The number of aromatic nitrogens is 1. The molecule has 2 aromatic rings. The quantitative estimate of drug-likeness (QED) is 0.0490. The molecule has 18 nitrogen and oxygen atoms in total. The first-order chi connectivity index (χ1) is 26.2. The van der Waals surface area contributed by atoms with E-state index in [1.165, 1.54) is 6.92 Å². The van der Waals surface area contributed by atoms with Gasteiger partial charge < -0.3 is 58.1 Å². The number of nitrogens with two attached hydrogens (primary N) is 1. The van der Waals surface area contributed by atoms with Crippen LogP contribution in [0.5, 0.6) is 0 Å². The smallest absolute Gasteiger partial charge is 0.326 e. The number of unbranched alkanes of at least 4 members (excludes halogenated alkanes) is 1. The molecule has 0 fully saturated rings. The van der Waals surface area contributed by atoms with Gasteiger partial charge in [-0.25, -0.2) is 4.79 Å². The second-order valence-electron chi connectivity index (χ2n) is 13.6. The van der Waals surface area contributed by atoms with Crippen molar-refractivity contribution >= 4 is 52.4 Å². The van der Waals surface area contributed by atoms with Crippen LogP contribution >= 0.6 is 0 Å². The fourth-order valence-electron chi connectivity index (χ4n) is 5.70. The van der Waals surface area contributed by atoms with Crippen molar-refractivity contribution in [1.29, 1.82) is 0 Å². The Kier molecular flexibility index (Phi) is 21.0. The number of amides is 5. The maximum atomic E-state index is 13.9. The predicted octanol–water partition coefficient (Wildman–Crippen LogP) is -0.458. The van der Waals surface area contributed by atoms with Crippen LogP contribution in [0.2, 0.25) is 0 Å². The summed E-state index contributed by atoms with van der Waals surface area (Å²) in [7, 11) is 0. The van der Waals surface area contributed by atoms with Crippen molar-refractivity contribution in [2.24, 2.45) is 5.73 Å². The van der Waals surface area contributed by atoms with Crippen LogP contribution in [-0.2, 0) is 40.0 Å². The third kappa shape index (κ3) is 18.7. The second-order valence-corrected chi connectivity index (χ2v) is 13.6. The molecule has 0 spiro atoms. The maximum absolute atomic E-state index is 13.9. The molecule has 18 heteroatoms. The van der Waals surface area contributed by atoms with Crippen LogP contribution in [0.1, 0.15) is 76.3 Å². The summed E-state index contributed by atoms with van der Waals surface area (Å²) in [6, 6.07) is 2.57. The summed E-state index contributed by atoms with van der Waals surface area (Å²) in [4.78, 5) is 88.8. The molecule has 5 amide bonds. The molecule has 1 aromatic carbocycles. The van der Waals surface area contributed by atoms with Gasteiger partial charge in [0.15, 0.2) is 0 Å². The van der Waals surface area contributed by atoms with Crippen LogP contribution in [0.4, 0.5) is 0 Å². The van der Waals surface area contributed by atoms with E-state index in [9.17, 15) is 38.7 Å². The molecule has 1 aromatic heterocycles. The summed E-state index contributed by atoms with van der Waals surface area (Å²) in [6.07, 6.45) is 4.56. The van der Waals surface area contributed by atoms with Gasteiger partial charge in [-0.05, 0) is 56.3 Å². The third-order valence-corrected chi connectivity index (χ3v) is 8.74. The summed E-state index contributed by atoms with van der Waals surface area (Å²) in [5, 5.41) is 38.8. The Labute approximate surface area is 321 Å². The SMILES string of the molecule is CCCC[C@H](N)CNCC[C@H](NCCNC(=O)CNC(C)=O)C(=O)N[C@H](Cc1c[nH]c2cc(C)ccc12)C(=O)NCC[C@@H](NC(=O)CCCC(=O)O)C(=O)O. The molecule has 0 bridgehead atoms. The first kappa shape index (κ1) is 46.1. The van der Waals surface area contributed by atoms with Crippen LogP contribution in [-0.4, -0.2) is 120 Å². The summed E-state index contributed by atoms with van der Waals surface area (Å²) in [5.74, 6) is -4.80. The summed E-state index contributed by atoms with van der Waals surface area (Å²) in [6.45, 7) is 6.37. The van der Waals surface area contributed by atoms with Crippen LogP contribution in [0, 0.1) is 6.92 Å². The Morgan fingerprint density at radius 2 is 1.55 bits per heavy atom. The minimum Gasteiger partial charge on any atom is -0.481 e. The number of aromatic amines is 1. The molecule has 0 radical (unpaired) electrons. The fourth-order valence-corrected chi connectivity index (χ4v) is 5.70. The monoisotopic (exact) mass is 773 g/mol. The fraction of sp³-hybridized carbons (Fsp3) is 0.595. The van der Waals surface area contributed by atoms with Gasteiger partial charge in [0.25, 0.3) is 0 Å². The van der Waals surface area contributed by atoms with Gasteiger partial charge in [0.1, 0.15) is 12.1 Å². The minimum absolute atomic E-state index is 0.0435. The number of nitrogens with one attached hydrogen (secondary N) is 8. The van der Waals surface area contributed by atoms with E-state index in [0.29, 0.717) is 19.5 Å². The Balaban J connectivity index is 2.18. The number of aliphatic carboxylic acids is 2. The lowest BCUT2D eigenvalue weighted by Crippen LogP contribution is -2.55. The maximum Gasteiger partial charge on any atom is 0.326 e. The molecule has 0 unspecified atom stereocenters. The average Bonchev–Trinajstić information content (AvgIpc) is 3.52. The number of carboxylic acids is 2. The molecule has 12 N–H and O–H groups in total. The number of benzene rings is 1. The number of H-pyrrole nitrogens is 1. The Morgan fingerprint density at radius 1 is 0.800 bits per heavy atom. The van der Waals surface area contributed by atoms with Crippen molar-refractivity contribution in [1.82, 2.24) is 42.2 Å². The largest absolute Gasteiger partial charge is 0.481 e. The summed E-state index contributed by atoms with van der Waals surface area (Å²) in [5.41, 5.74) is 8.85. The average molecular weight is 774 g/mol. The molecular formula is C37H59N9O9. The van der Waals surface area contributed by atoms with Crippen LogP contribution in [0.15, 0.2) is 24.4 Å². The number of carboxylic acid groups (broad SMARTS) is 2. The highest BCUT2D eigenvalue weighted by Crippen LogP contribution is 2.21. The van der Waals surface area contributed by atoms with Crippen molar-refractivity contribution in [3.05, 3.63) is 35.5 Å². The minimum atomic E-state index is -1.34. The molecular weight excluding hydrogens is 714 g/mol. The molecule has 0 saturated heterocycles. The van der Waals surface area contributed by atoms with Crippen molar-refractivity contribution < 1.29 is 43.8 Å². The van der Waals surface area contributed by atoms with E-state index in [4.69, 9.17) is 10.8 Å². The zero-order valence-corrected chi connectivity index (χ0v) is 32.1. The van der Waals surface area contributed by atoms with Gasteiger partial charge in [-0.3, -0.25) is 28.8 Å². The number of fused-ring (bicyclic) bond motifs is 1. The van der Waals surface area contributed by atoms with Crippen molar-refractivity contribution in [2.75, 3.05) is 39.3 Å². The first-order valence-electron chi connectivity index (χ1n) is 18.8. The number of carbonyl (C=O) groups is 7. The van der Waals surface area contributed by atoms with Crippen molar-refractivity contribution in [2.45, 2.75) is 103 Å².